The minimum atomic E-state index is -1.56. The van der Waals surface area contributed by atoms with E-state index in [9.17, 15) is 9.18 Å². The van der Waals surface area contributed by atoms with Crippen molar-refractivity contribution in [2.24, 2.45) is 5.73 Å². The predicted octanol–water partition coefficient (Wildman–Crippen LogP) is 2.74. The topological polar surface area (TPSA) is 52.3 Å². The van der Waals surface area contributed by atoms with Gasteiger partial charge in [0.15, 0.2) is 5.78 Å². The molecule has 1 aromatic rings. The van der Waals surface area contributed by atoms with Gasteiger partial charge < -0.3 is 10.5 Å². The molecule has 0 spiro atoms. The van der Waals surface area contributed by atoms with E-state index >= 15 is 0 Å². The third kappa shape index (κ3) is 2.88. The van der Waals surface area contributed by atoms with E-state index in [-0.39, 0.29) is 18.7 Å². The number of ketones is 1. The van der Waals surface area contributed by atoms with E-state index < -0.39 is 5.67 Å². The van der Waals surface area contributed by atoms with Gasteiger partial charge in [0.05, 0.1) is 12.7 Å². The van der Waals surface area contributed by atoms with Gasteiger partial charge in [-0.25, -0.2) is 4.39 Å². The van der Waals surface area contributed by atoms with E-state index in [0.717, 1.165) is 5.56 Å². The molecule has 2 N–H and O–H groups in total. The minimum Gasteiger partial charge on any atom is -0.496 e. The van der Waals surface area contributed by atoms with Crippen LogP contribution in [0, 0.1) is 6.92 Å². The molecule has 0 amide bonds. The Kier molecular flexibility index (Phi) is 4.46. The first-order valence-corrected chi connectivity index (χ1v) is 5.93. The number of Topliss-reactive ketones (excluding diaryl/α,β-unsaturated/α-hetero) is 1. The van der Waals surface area contributed by atoms with Gasteiger partial charge in [-0.3, -0.25) is 4.79 Å². The third-order valence-electron chi connectivity index (χ3n) is 2.86. The van der Waals surface area contributed by atoms with Gasteiger partial charge in [-0.1, -0.05) is 12.1 Å². The van der Waals surface area contributed by atoms with Crippen LogP contribution < -0.4 is 10.5 Å². The van der Waals surface area contributed by atoms with E-state index in [0.29, 0.717) is 16.9 Å². The Morgan fingerprint density at radius 1 is 1.44 bits per heavy atom. The number of rotatable bonds is 5. The SMILES string of the molecule is COc1c(C(C)(C)F)ccc(C)c1C(=O)CCN. The highest BCUT2D eigenvalue weighted by Gasteiger charge is 2.27. The van der Waals surface area contributed by atoms with Crippen molar-refractivity contribution in [3.05, 3.63) is 28.8 Å². The van der Waals surface area contributed by atoms with Gasteiger partial charge in [0.1, 0.15) is 11.4 Å². The Morgan fingerprint density at radius 2 is 2.06 bits per heavy atom. The van der Waals surface area contributed by atoms with Crippen LogP contribution in [0.5, 0.6) is 5.75 Å². The van der Waals surface area contributed by atoms with Crippen LogP contribution >= 0.6 is 0 Å². The molecule has 0 atom stereocenters. The summed E-state index contributed by atoms with van der Waals surface area (Å²) in [6, 6.07) is 3.40. The number of halogens is 1. The molecule has 1 aromatic carbocycles. The Hall–Kier alpha value is -1.42. The van der Waals surface area contributed by atoms with E-state index in [2.05, 4.69) is 0 Å². The fourth-order valence-corrected chi connectivity index (χ4v) is 1.96. The molecular formula is C14H20FNO2. The number of methoxy groups -OCH3 is 1. The standard InChI is InChI=1S/C14H20FNO2/c1-9-5-6-10(14(2,3)15)13(18-4)12(9)11(17)7-8-16/h5-6H,7-8,16H2,1-4H3. The highest BCUT2D eigenvalue weighted by molar-refractivity contribution is 6.00. The summed E-state index contributed by atoms with van der Waals surface area (Å²) < 4.78 is 19.4. The lowest BCUT2D eigenvalue weighted by molar-refractivity contribution is 0.0981. The average molecular weight is 253 g/mol. The Labute approximate surface area is 107 Å². The highest BCUT2D eigenvalue weighted by atomic mass is 19.1. The summed E-state index contributed by atoms with van der Waals surface area (Å²) >= 11 is 0. The summed E-state index contributed by atoms with van der Waals surface area (Å²) in [4.78, 5) is 12.0. The molecule has 100 valence electrons. The van der Waals surface area contributed by atoms with Crippen molar-refractivity contribution in [3.8, 4) is 5.75 Å². The van der Waals surface area contributed by atoms with Crippen LogP contribution in [0.2, 0.25) is 0 Å². The van der Waals surface area contributed by atoms with Crippen LogP contribution in [-0.4, -0.2) is 19.4 Å². The molecule has 0 radical (unpaired) electrons. The Morgan fingerprint density at radius 3 is 2.50 bits per heavy atom. The summed E-state index contributed by atoms with van der Waals surface area (Å²) in [6.07, 6.45) is 0.230. The number of nitrogens with two attached hydrogens (primary N) is 1. The second-order valence-electron chi connectivity index (χ2n) is 4.77. The summed E-state index contributed by atoms with van der Waals surface area (Å²) in [5.74, 6) is 0.207. The number of alkyl halides is 1. The van der Waals surface area contributed by atoms with E-state index in [4.69, 9.17) is 10.5 Å². The fraction of sp³-hybridized carbons (Fsp3) is 0.500. The van der Waals surface area contributed by atoms with Crippen LogP contribution in [0.1, 0.15) is 41.8 Å². The average Bonchev–Trinajstić information content (AvgIpc) is 2.26. The molecular weight excluding hydrogens is 233 g/mol. The number of carbonyl (C=O) groups is 1. The first kappa shape index (κ1) is 14.6. The normalized spacial score (nSPS) is 11.4. The van der Waals surface area contributed by atoms with Crippen molar-refractivity contribution in [1.29, 1.82) is 0 Å². The second-order valence-corrected chi connectivity index (χ2v) is 4.77. The summed E-state index contributed by atoms with van der Waals surface area (Å²) in [6.45, 7) is 4.96. The molecule has 3 nitrogen and oxygen atoms in total. The van der Waals surface area contributed by atoms with Crippen molar-refractivity contribution in [2.75, 3.05) is 13.7 Å². The third-order valence-corrected chi connectivity index (χ3v) is 2.86. The maximum Gasteiger partial charge on any atom is 0.168 e. The first-order valence-electron chi connectivity index (χ1n) is 5.93. The smallest absolute Gasteiger partial charge is 0.168 e. The molecule has 0 saturated carbocycles. The summed E-state index contributed by atoms with van der Waals surface area (Å²) in [5, 5.41) is 0. The zero-order chi connectivity index (χ0) is 13.9. The number of ether oxygens (including phenoxy) is 1. The molecule has 0 unspecified atom stereocenters. The maximum atomic E-state index is 14.1. The van der Waals surface area contributed by atoms with Gasteiger partial charge in [0.25, 0.3) is 0 Å². The van der Waals surface area contributed by atoms with Crippen LogP contribution in [0.3, 0.4) is 0 Å². The van der Waals surface area contributed by atoms with Gasteiger partial charge in [-0.2, -0.15) is 0 Å². The quantitative estimate of drug-likeness (QED) is 0.821. The van der Waals surface area contributed by atoms with Crippen molar-refractivity contribution in [3.63, 3.8) is 0 Å². The number of carbonyl (C=O) groups excluding carboxylic acids is 1. The van der Waals surface area contributed by atoms with Gasteiger partial charge in [-0.05, 0) is 32.9 Å². The van der Waals surface area contributed by atoms with Crippen LogP contribution in [0.15, 0.2) is 12.1 Å². The van der Waals surface area contributed by atoms with Crippen LogP contribution in [0.4, 0.5) is 4.39 Å². The molecule has 18 heavy (non-hydrogen) atoms. The molecule has 4 heteroatoms. The molecule has 1 rings (SSSR count). The van der Waals surface area contributed by atoms with Crippen LogP contribution in [-0.2, 0) is 5.67 Å². The fourth-order valence-electron chi connectivity index (χ4n) is 1.96. The van der Waals surface area contributed by atoms with Gasteiger partial charge in [0.2, 0.25) is 0 Å². The van der Waals surface area contributed by atoms with Gasteiger partial charge in [-0.15, -0.1) is 0 Å². The Bertz CT molecular complexity index is 450. The lowest BCUT2D eigenvalue weighted by Gasteiger charge is -2.21. The monoisotopic (exact) mass is 253 g/mol. The van der Waals surface area contributed by atoms with Crippen LogP contribution in [0.25, 0.3) is 0 Å². The molecule has 0 heterocycles. The lowest BCUT2D eigenvalue weighted by atomic mass is 9.91. The lowest BCUT2D eigenvalue weighted by Crippen LogP contribution is -2.16. The molecule has 0 fully saturated rings. The zero-order valence-electron chi connectivity index (χ0n) is 11.3. The molecule has 0 aliphatic rings. The van der Waals surface area contributed by atoms with Crippen molar-refractivity contribution >= 4 is 5.78 Å². The molecule has 0 bridgehead atoms. The molecule has 0 aliphatic heterocycles. The zero-order valence-corrected chi connectivity index (χ0v) is 11.3. The molecule has 0 aromatic heterocycles. The van der Waals surface area contributed by atoms with E-state index in [1.54, 1.807) is 19.1 Å². The highest BCUT2D eigenvalue weighted by Crippen LogP contribution is 2.37. The first-order chi connectivity index (χ1) is 8.32. The largest absolute Gasteiger partial charge is 0.496 e. The number of hydrogen-bond acceptors (Lipinski definition) is 3. The summed E-state index contributed by atoms with van der Waals surface area (Å²) in [7, 11) is 1.45. The number of hydrogen-bond donors (Lipinski definition) is 1. The van der Waals surface area contributed by atoms with E-state index in [1.807, 2.05) is 0 Å². The predicted molar refractivity (Wildman–Crippen MR) is 69.9 cm³/mol. The maximum absolute atomic E-state index is 14.1. The number of benzene rings is 1. The second kappa shape index (κ2) is 5.48. The van der Waals surface area contributed by atoms with Gasteiger partial charge in [0, 0.05) is 12.0 Å². The van der Waals surface area contributed by atoms with E-state index in [1.165, 1.54) is 21.0 Å². The van der Waals surface area contributed by atoms with Crippen molar-refractivity contribution in [1.82, 2.24) is 0 Å². The minimum absolute atomic E-state index is 0.113. The number of aryl methyl sites for hydroxylation is 1. The van der Waals surface area contributed by atoms with Gasteiger partial charge >= 0.3 is 0 Å². The molecule has 0 saturated heterocycles. The van der Waals surface area contributed by atoms with Crippen molar-refractivity contribution < 1.29 is 13.9 Å². The Balaban J connectivity index is 3.44. The molecule has 0 aliphatic carbocycles. The summed E-state index contributed by atoms with van der Waals surface area (Å²) in [5.41, 5.74) is 5.44. The van der Waals surface area contributed by atoms with Crippen molar-refractivity contribution in [2.45, 2.75) is 32.9 Å².